The highest BCUT2D eigenvalue weighted by molar-refractivity contribution is 5.60. The zero-order valence-electron chi connectivity index (χ0n) is 11.0. The molecule has 2 N–H and O–H groups in total. The van der Waals surface area contributed by atoms with Crippen molar-refractivity contribution in [3.8, 4) is 17.1 Å². The van der Waals surface area contributed by atoms with Gasteiger partial charge in [0, 0.05) is 5.69 Å². The molecular weight excluding hydrogens is 274 g/mol. The molecule has 0 unspecified atom stereocenters. The number of aromatic nitrogens is 3. The maximum absolute atomic E-state index is 14.0. The van der Waals surface area contributed by atoms with Crippen LogP contribution in [-0.4, -0.2) is 14.8 Å². The van der Waals surface area contributed by atoms with Crippen LogP contribution in [0.4, 0.5) is 8.78 Å². The molecule has 0 radical (unpaired) electrons. The Balaban J connectivity index is 2.28. The first-order valence-electron chi connectivity index (χ1n) is 6.36. The smallest absolute Gasteiger partial charge is 0.174 e. The predicted molar refractivity (Wildman–Crippen MR) is 74.6 cm³/mol. The van der Waals surface area contributed by atoms with E-state index in [4.69, 9.17) is 5.73 Å². The molecule has 0 aliphatic rings. The molecule has 6 heteroatoms. The van der Waals surface area contributed by atoms with Gasteiger partial charge in [0.2, 0.25) is 0 Å². The number of rotatable bonds is 3. The van der Waals surface area contributed by atoms with Gasteiger partial charge < -0.3 is 5.73 Å². The van der Waals surface area contributed by atoms with E-state index in [-0.39, 0.29) is 17.9 Å². The van der Waals surface area contributed by atoms with Crippen molar-refractivity contribution in [2.24, 2.45) is 5.73 Å². The lowest BCUT2D eigenvalue weighted by Crippen LogP contribution is -2.08. The Morgan fingerprint density at radius 1 is 0.905 bits per heavy atom. The van der Waals surface area contributed by atoms with E-state index in [9.17, 15) is 8.78 Å². The summed E-state index contributed by atoms with van der Waals surface area (Å²) in [6, 6.07) is 12.7. The van der Waals surface area contributed by atoms with Crippen molar-refractivity contribution in [3.05, 3.63) is 66.0 Å². The first kappa shape index (κ1) is 13.4. The van der Waals surface area contributed by atoms with Crippen LogP contribution in [0.25, 0.3) is 17.1 Å². The number of benzene rings is 2. The van der Waals surface area contributed by atoms with Crippen molar-refractivity contribution in [2.45, 2.75) is 6.54 Å². The third kappa shape index (κ3) is 2.30. The van der Waals surface area contributed by atoms with Gasteiger partial charge in [-0.05, 0) is 24.3 Å². The number of nitrogens with zero attached hydrogens (tertiary/aromatic N) is 3. The van der Waals surface area contributed by atoms with Crippen molar-refractivity contribution in [1.29, 1.82) is 0 Å². The maximum Gasteiger partial charge on any atom is 0.174 e. The molecular formula is C15H12F2N4. The summed E-state index contributed by atoms with van der Waals surface area (Å²) >= 11 is 0. The zero-order valence-corrected chi connectivity index (χ0v) is 11.0. The van der Waals surface area contributed by atoms with Gasteiger partial charge in [-0.3, -0.25) is 4.57 Å². The Morgan fingerprint density at radius 2 is 1.57 bits per heavy atom. The van der Waals surface area contributed by atoms with E-state index in [1.807, 2.05) is 18.2 Å². The summed E-state index contributed by atoms with van der Waals surface area (Å²) in [4.78, 5) is 0. The maximum atomic E-state index is 14.0. The van der Waals surface area contributed by atoms with E-state index >= 15 is 0 Å². The minimum absolute atomic E-state index is 0.0947. The van der Waals surface area contributed by atoms with Gasteiger partial charge in [0.05, 0.1) is 12.1 Å². The fraction of sp³-hybridized carbons (Fsp3) is 0.0667. The monoisotopic (exact) mass is 286 g/mol. The normalized spacial score (nSPS) is 10.8. The minimum atomic E-state index is -0.692. The molecule has 0 aliphatic heterocycles. The molecule has 4 nitrogen and oxygen atoms in total. The van der Waals surface area contributed by atoms with Gasteiger partial charge in [-0.2, -0.15) is 0 Å². The molecule has 0 aliphatic carbocycles. The first-order chi connectivity index (χ1) is 10.2. The molecule has 0 atom stereocenters. The van der Waals surface area contributed by atoms with Crippen molar-refractivity contribution in [1.82, 2.24) is 14.8 Å². The average Bonchev–Trinajstić information content (AvgIpc) is 2.91. The summed E-state index contributed by atoms with van der Waals surface area (Å²) in [7, 11) is 0. The van der Waals surface area contributed by atoms with Gasteiger partial charge in [-0.15, -0.1) is 10.2 Å². The Hall–Kier alpha value is -2.60. The van der Waals surface area contributed by atoms with Crippen LogP contribution in [0.1, 0.15) is 5.82 Å². The molecule has 3 rings (SSSR count). The van der Waals surface area contributed by atoms with Crippen LogP contribution in [0, 0.1) is 11.6 Å². The minimum Gasteiger partial charge on any atom is -0.324 e. The van der Waals surface area contributed by atoms with E-state index in [1.165, 1.54) is 18.2 Å². The molecule has 3 aromatic rings. The summed E-state index contributed by atoms with van der Waals surface area (Å²) in [5, 5.41) is 7.83. The summed E-state index contributed by atoms with van der Waals surface area (Å²) in [5.74, 6) is -0.859. The Labute approximate surface area is 119 Å². The quantitative estimate of drug-likeness (QED) is 0.805. The second kappa shape index (κ2) is 5.41. The lowest BCUT2D eigenvalue weighted by molar-refractivity contribution is 0.586. The van der Waals surface area contributed by atoms with E-state index in [2.05, 4.69) is 10.2 Å². The molecule has 106 valence electrons. The largest absolute Gasteiger partial charge is 0.324 e. The van der Waals surface area contributed by atoms with Gasteiger partial charge in [0.25, 0.3) is 0 Å². The highest BCUT2D eigenvalue weighted by Gasteiger charge is 2.20. The van der Waals surface area contributed by atoms with Crippen molar-refractivity contribution in [3.63, 3.8) is 0 Å². The van der Waals surface area contributed by atoms with Crippen LogP contribution in [0.15, 0.2) is 48.5 Å². The number of hydrogen-bond donors (Lipinski definition) is 1. The van der Waals surface area contributed by atoms with Crippen molar-refractivity contribution >= 4 is 0 Å². The van der Waals surface area contributed by atoms with Gasteiger partial charge in [-0.25, -0.2) is 8.78 Å². The van der Waals surface area contributed by atoms with E-state index in [1.54, 1.807) is 16.7 Å². The molecule has 21 heavy (non-hydrogen) atoms. The van der Waals surface area contributed by atoms with Gasteiger partial charge in [0.1, 0.15) is 11.6 Å². The summed E-state index contributed by atoms with van der Waals surface area (Å²) in [6.45, 7) is 0.109. The van der Waals surface area contributed by atoms with Crippen LogP contribution < -0.4 is 5.73 Å². The molecule has 0 fully saturated rings. The van der Waals surface area contributed by atoms with E-state index < -0.39 is 11.6 Å². The third-order valence-corrected chi connectivity index (χ3v) is 3.11. The number of para-hydroxylation sites is 1. The fourth-order valence-corrected chi connectivity index (χ4v) is 2.17. The summed E-state index contributed by atoms with van der Waals surface area (Å²) in [5.41, 5.74) is 6.13. The van der Waals surface area contributed by atoms with Crippen LogP contribution in [0.5, 0.6) is 0 Å². The van der Waals surface area contributed by atoms with Gasteiger partial charge in [0.15, 0.2) is 11.6 Å². The fourth-order valence-electron chi connectivity index (χ4n) is 2.17. The number of hydrogen-bond acceptors (Lipinski definition) is 3. The standard InChI is InChI=1S/C15H12F2N4/c16-11-7-4-8-12(17)14(11)15-20-19-13(9-18)21(15)10-5-2-1-3-6-10/h1-8H,9,18H2. The Morgan fingerprint density at radius 3 is 2.19 bits per heavy atom. The van der Waals surface area contributed by atoms with Crippen LogP contribution in [-0.2, 0) is 6.54 Å². The van der Waals surface area contributed by atoms with Crippen molar-refractivity contribution < 1.29 is 8.78 Å². The lowest BCUT2D eigenvalue weighted by atomic mass is 10.1. The molecule has 2 aromatic carbocycles. The Kier molecular flexibility index (Phi) is 3.45. The van der Waals surface area contributed by atoms with Crippen molar-refractivity contribution in [2.75, 3.05) is 0 Å². The second-order valence-corrected chi connectivity index (χ2v) is 4.41. The van der Waals surface area contributed by atoms with Crippen LogP contribution in [0.2, 0.25) is 0 Å². The summed E-state index contributed by atoms with van der Waals surface area (Å²) in [6.07, 6.45) is 0. The molecule has 1 aromatic heterocycles. The van der Waals surface area contributed by atoms with Crippen LogP contribution in [0.3, 0.4) is 0 Å². The topological polar surface area (TPSA) is 56.7 Å². The molecule has 0 saturated heterocycles. The predicted octanol–water partition coefficient (Wildman–Crippen LogP) is 2.67. The average molecular weight is 286 g/mol. The van der Waals surface area contributed by atoms with Gasteiger partial charge >= 0.3 is 0 Å². The van der Waals surface area contributed by atoms with E-state index in [0.29, 0.717) is 11.5 Å². The molecule has 0 bridgehead atoms. The number of halogens is 2. The molecule has 0 amide bonds. The Bertz CT molecular complexity index is 748. The first-order valence-corrected chi connectivity index (χ1v) is 6.36. The summed E-state index contributed by atoms with van der Waals surface area (Å²) < 4.78 is 29.5. The molecule has 0 spiro atoms. The highest BCUT2D eigenvalue weighted by Crippen LogP contribution is 2.27. The van der Waals surface area contributed by atoms with E-state index in [0.717, 1.165) is 0 Å². The molecule has 1 heterocycles. The van der Waals surface area contributed by atoms with Crippen LogP contribution >= 0.6 is 0 Å². The zero-order chi connectivity index (χ0) is 14.8. The van der Waals surface area contributed by atoms with Gasteiger partial charge in [-0.1, -0.05) is 24.3 Å². The number of nitrogens with two attached hydrogens (primary N) is 1. The molecule has 0 saturated carbocycles. The second-order valence-electron chi connectivity index (χ2n) is 4.41. The SMILES string of the molecule is NCc1nnc(-c2c(F)cccc2F)n1-c1ccccc1. The highest BCUT2D eigenvalue weighted by atomic mass is 19.1. The lowest BCUT2D eigenvalue weighted by Gasteiger charge is -2.10. The third-order valence-electron chi connectivity index (χ3n) is 3.11.